The minimum atomic E-state index is -3.91. The fourth-order valence-electron chi connectivity index (χ4n) is 4.78. The molecule has 0 saturated carbocycles. The Balaban J connectivity index is 1.82. The first kappa shape index (κ1) is 24.3. The molecule has 1 unspecified atom stereocenters. The number of aromatic amines is 1. The summed E-state index contributed by atoms with van der Waals surface area (Å²) in [7, 11) is 0.889. The first-order valence-electron chi connectivity index (χ1n) is 11.8. The lowest BCUT2D eigenvalue weighted by Gasteiger charge is -2.31. The van der Waals surface area contributed by atoms with Crippen molar-refractivity contribution < 1.29 is 13.2 Å². The molecule has 1 fully saturated rings. The molecule has 0 aliphatic carbocycles. The van der Waals surface area contributed by atoms with Crippen molar-refractivity contribution in [3.8, 4) is 11.3 Å². The van der Waals surface area contributed by atoms with Gasteiger partial charge in [0.05, 0.1) is 4.90 Å². The molecule has 1 aliphatic rings. The molecule has 2 aromatic carbocycles. The van der Waals surface area contributed by atoms with Gasteiger partial charge in [0, 0.05) is 62.1 Å². The Bertz CT molecular complexity index is 1260. The fraction of sp³-hybridized carbons (Fsp3) is 0.423. The summed E-state index contributed by atoms with van der Waals surface area (Å²) in [5.41, 5.74) is 3.77. The van der Waals surface area contributed by atoms with Gasteiger partial charge in [0.1, 0.15) is 6.04 Å². The second-order valence-corrected chi connectivity index (χ2v) is 11.6. The highest BCUT2D eigenvalue weighted by molar-refractivity contribution is 7.89. The van der Waals surface area contributed by atoms with Gasteiger partial charge in [-0.2, -0.15) is 4.31 Å². The number of para-hydroxylation sites is 1. The van der Waals surface area contributed by atoms with Crippen molar-refractivity contribution in [2.75, 3.05) is 39.1 Å². The number of aromatic nitrogens is 1. The first-order chi connectivity index (χ1) is 16.1. The zero-order chi connectivity index (χ0) is 24.6. The molecule has 0 radical (unpaired) electrons. The quantitative estimate of drug-likeness (QED) is 0.548. The Kier molecular flexibility index (Phi) is 6.73. The lowest BCUT2D eigenvalue weighted by molar-refractivity contribution is -0.133. The highest BCUT2D eigenvalue weighted by atomic mass is 32.2. The average molecular weight is 483 g/mol. The third-order valence-corrected chi connectivity index (χ3v) is 8.46. The number of likely N-dealkylation sites (N-methyl/N-ethyl adjacent to an activating group) is 2. The van der Waals surface area contributed by atoms with E-state index in [2.05, 4.69) is 16.0 Å². The molecule has 0 spiro atoms. The predicted molar refractivity (Wildman–Crippen MR) is 137 cm³/mol. The number of fused-ring (bicyclic) bond motifs is 1. The monoisotopic (exact) mass is 482 g/mol. The van der Waals surface area contributed by atoms with Gasteiger partial charge in [0.2, 0.25) is 15.9 Å². The van der Waals surface area contributed by atoms with Gasteiger partial charge in [-0.25, -0.2) is 8.42 Å². The number of nitrogens with one attached hydrogen (secondary N) is 1. The van der Waals surface area contributed by atoms with Gasteiger partial charge in [-0.05, 0) is 49.1 Å². The molecule has 182 valence electrons. The molecule has 1 aromatic heterocycles. The lowest BCUT2D eigenvalue weighted by Crippen LogP contribution is -2.50. The van der Waals surface area contributed by atoms with E-state index in [1.54, 1.807) is 26.2 Å². The number of carbonyl (C=O) groups is 1. The van der Waals surface area contributed by atoms with Gasteiger partial charge < -0.3 is 14.8 Å². The molecule has 0 bridgehead atoms. The summed E-state index contributed by atoms with van der Waals surface area (Å²) in [5.74, 6) is -0.405. The minimum absolute atomic E-state index is 0.174. The van der Waals surface area contributed by atoms with Crippen LogP contribution >= 0.6 is 0 Å². The maximum absolute atomic E-state index is 13.7. The van der Waals surface area contributed by atoms with Crippen LogP contribution in [0.15, 0.2) is 53.4 Å². The largest absolute Gasteiger partial charge is 0.371 e. The number of benzene rings is 2. The predicted octanol–water partition coefficient (Wildman–Crippen LogP) is 4.17. The van der Waals surface area contributed by atoms with Crippen molar-refractivity contribution in [2.45, 2.75) is 37.6 Å². The third kappa shape index (κ3) is 4.44. The van der Waals surface area contributed by atoms with Crippen molar-refractivity contribution in [3.05, 3.63) is 48.5 Å². The summed E-state index contributed by atoms with van der Waals surface area (Å²) in [4.78, 5) is 20.2. The first-order valence-corrected chi connectivity index (χ1v) is 13.2. The molecule has 3 aromatic rings. The molecule has 1 amide bonds. The van der Waals surface area contributed by atoms with E-state index in [-0.39, 0.29) is 16.7 Å². The van der Waals surface area contributed by atoms with Crippen LogP contribution in [-0.2, 0) is 14.8 Å². The highest BCUT2D eigenvalue weighted by Gasteiger charge is 2.36. The van der Waals surface area contributed by atoms with E-state index in [1.807, 2.05) is 44.2 Å². The molecule has 2 heterocycles. The van der Waals surface area contributed by atoms with Crippen molar-refractivity contribution >= 4 is 32.5 Å². The molecule has 1 N–H and O–H groups in total. The Labute approximate surface area is 202 Å². The SMILES string of the molecule is CC(C)C(C(=O)N(C)C)N(C)S(=O)(=O)c1ccc(N2CCCC2)c(-c2cc3ccccc3[nH]2)c1. The number of nitrogens with zero attached hydrogens (tertiary/aromatic N) is 3. The van der Waals surface area contributed by atoms with Gasteiger partial charge in [-0.3, -0.25) is 4.79 Å². The van der Waals surface area contributed by atoms with Crippen LogP contribution in [0, 0.1) is 5.92 Å². The third-order valence-electron chi connectivity index (χ3n) is 6.63. The number of hydrogen-bond donors (Lipinski definition) is 1. The maximum atomic E-state index is 13.7. The van der Waals surface area contributed by atoms with Crippen LogP contribution in [-0.4, -0.2) is 68.8 Å². The van der Waals surface area contributed by atoms with Crippen LogP contribution in [0.5, 0.6) is 0 Å². The number of anilines is 1. The molecule has 1 saturated heterocycles. The highest BCUT2D eigenvalue weighted by Crippen LogP contribution is 2.37. The van der Waals surface area contributed by atoms with E-state index < -0.39 is 16.1 Å². The van der Waals surface area contributed by atoms with Gasteiger partial charge in [0.15, 0.2) is 0 Å². The Morgan fingerprint density at radius 3 is 2.29 bits per heavy atom. The smallest absolute Gasteiger partial charge is 0.243 e. The Hall–Kier alpha value is -2.84. The minimum Gasteiger partial charge on any atom is -0.371 e. The van der Waals surface area contributed by atoms with Gasteiger partial charge in [-0.1, -0.05) is 32.0 Å². The molecule has 1 aliphatic heterocycles. The lowest BCUT2D eigenvalue weighted by atomic mass is 10.0. The van der Waals surface area contributed by atoms with E-state index in [4.69, 9.17) is 0 Å². The molecule has 4 rings (SSSR count). The van der Waals surface area contributed by atoms with E-state index >= 15 is 0 Å². The second-order valence-electron chi connectivity index (χ2n) is 9.59. The van der Waals surface area contributed by atoms with E-state index in [0.29, 0.717) is 0 Å². The summed E-state index contributed by atoms with van der Waals surface area (Å²) in [6.07, 6.45) is 2.25. The molecule has 1 atom stereocenters. The normalized spacial score (nSPS) is 15.4. The number of sulfonamides is 1. The van der Waals surface area contributed by atoms with Gasteiger partial charge in [-0.15, -0.1) is 0 Å². The Morgan fingerprint density at radius 2 is 1.68 bits per heavy atom. The van der Waals surface area contributed by atoms with Crippen LogP contribution in [0.3, 0.4) is 0 Å². The van der Waals surface area contributed by atoms with Crippen LogP contribution in [0.1, 0.15) is 26.7 Å². The average Bonchev–Trinajstić information content (AvgIpc) is 3.48. The van der Waals surface area contributed by atoms with Crippen molar-refractivity contribution in [1.29, 1.82) is 0 Å². The van der Waals surface area contributed by atoms with Crippen LogP contribution in [0.25, 0.3) is 22.2 Å². The number of carbonyl (C=O) groups excluding carboxylic acids is 1. The standard InChI is InChI=1S/C26H34N4O3S/c1-18(2)25(26(31)28(3)4)29(5)34(32,33)20-12-13-24(30-14-8-9-15-30)21(17-20)23-16-19-10-6-7-11-22(19)27-23/h6-7,10-13,16-18,25,27H,8-9,14-15H2,1-5H3. The number of H-pyrrole nitrogens is 1. The second kappa shape index (κ2) is 9.43. The zero-order valence-electron chi connectivity index (χ0n) is 20.6. The fourth-order valence-corrected chi connectivity index (χ4v) is 6.26. The zero-order valence-corrected chi connectivity index (χ0v) is 21.4. The van der Waals surface area contributed by atoms with Crippen LogP contribution in [0.2, 0.25) is 0 Å². The number of rotatable bonds is 7. The van der Waals surface area contributed by atoms with Gasteiger partial charge >= 0.3 is 0 Å². The number of amides is 1. The van der Waals surface area contributed by atoms with Crippen molar-refractivity contribution in [3.63, 3.8) is 0 Å². The molecular formula is C26H34N4O3S. The summed E-state index contributed by atoms with van der Waals surface area (Å²) >= 11 is 0. The number of hydrogen-bond acceptors (Lipinski definition) is 4. The maximum Gasteiger partial charge on any atom is 0.243 e. The summed E-state index contributed by atoms with van der Waals surface area (Å²) in [6, 6.07) is 14.6. The molecule has 7 nitrogen and oxygen atoms in total. The molecular weight excluding hydrogens is 448 g/mol. The van der Waals surface area contributed by atoms with Crippen LogP contribution < -0.4 is 4.90 Å². The van der Waals surface area contributed by atoms with Crippen molar-refractivity contribution in [1.82, 2.24) is 14.2 Å². The van der Waals surface area contributed by atoms with E-state index in [9.17, 15) is 13.2 Å². The van der Waals surface area contributed by atoms with E-state index in [0.717, 1.165) is 53.8 Å². The van der Waals surface area contributed by atoms with Crippen molar-refractivity contribution in [2.24, 2.45) is 5.92 Å². The van der Waals surface area contributed by atoms with E-state index in [1.165, 1.54) is 16.3 Å². The molecule has 8 heteroatoms. The molecule has 34 heavy (non-hydrogen) atoms. The summed E-state index contributed by atoms with van der Waals surface area (Å²) < 4.78 is 28.7. The summed E-state index contributed by atoms with van der Waals surface area (Å²) in [6.45, 7) is 5.63. The van der Waals surface area contributed by atoms with Crippen LogP contribution in [0.4, 0.5) is 5.69 Å². The Morgan fingerprint density at radius 1 is 1.00 bits per heavy atom. The topological polar surface area (TPSA) is 76.7 Å². The summed E-state index contributed by atoms with van der Waals surface area (Å²) in [5, 5.41) is 1.08. The van der Waals surface area contributed by atoms with Gasteiger partial charge in [0.25, 0.3) is 0 Å².